The highest BCUT2D eigenvalue weighted by atomic mass is 32.1. The van der Waals surface area contributed by atoms with Gasteiger partial charge in [0.1, 0.15) is 17.3 Å². The Labute approximate surface area is 118 Å². The van der Waals surface area contributed by atoms with Crippen molar-refractivity contribution in [2.75, 3.05) is 19.5 Å². The molecule has 0 unspecified atom stereocenters. The Morgan fingerprint density at radius 1 is 1.45 bits per heavy atom. The van der Waals surface area contributed by atoms with Crippen LogP contribution in [0.1, 0.15) is 5.69 Å². The number of benzene rings is 1. The first-order valence-corrected chi connectivity index (χ1v) is 6.37. The van der Waals surface area contributed by atoms with Crippen LogP contribution in [0, 0.1) is 10.1 Å². The first kappa shape index (κ1) is 14.0. The van der Waals surface area contributed by atoms with Crippen molar-refractivity contribution in [2.24, 2.45) is 0 Å². The maximum Gasteiger partial charge on any atom is 0.273 e. The number of nitro groups is 1. The van der Waals surface area contributed by atoms with Crippen LogP contribution in [0.15, 0.2) is 18.2 Å². The molecule has 0 radical (unpaired) electrons. The van der Waals surface area contributed by atoms with Gasteiger partial charge in [0.2, 0.25) is 0 Å². The third-order valence-corrected chi connectivity index (χ3v) is 3.29. The predicted molar refractivity (Wildman–Crippen MR) is 73.4 cm³/mol. The zero-order valence-corrected chi connectivity index (χ0v) is 11.6. The first-order chi connectivity index (χ1) is 9.65. The summed E-state index contributed by atoms with van der Waals surface area (Å²) in [6.07, 6.45) is 0. The van der Waals surface area contributed by atoms with E-state index >= 15 is 0 Å². The van der Waals surface area contributed by atoms with E-state index in [1.54, 1.807) is 7.05 Å². The van der Waals surface area contributed by atoms with Crippen LogP contribution in [0.4, 0.5) is 10.7 Å². The van der Waals surface area contributed by atoms with Gasteiger partial charge in [0.25, 0.3) is 5.69 Å². The zero-order chi connectivity index (χ0) is 14.5. The molecule has 0 fully saturated rings. The molecule has 0 spiro atoms. The Kier molecular flexibility index (Phi) is 4.31. The number of anilines is 1. The maximum absolute atomic E-state index is 10.7. The molecule has 1 N–H and O–H groups in total. The van der Waals surface area contributed by atoms with E-state index in [9.17, 15) is 10.1 Å². The van der Waals surface area contributed by atoms with Crippen LogP contribution in [0.3, 0.4) is 0 Å². The number of ether oxygens (including phenoxy) is 2. The van der Waals surface area contributed by atoms with Crippen molar-refractivity contribution in [1.29, 1.82) is 0 Å². The highest BCUT2D eigenvalue weighted by Gasteiger charge is 2.14. The molecule has 9 heteroatoms. The number of nitrogens with zero attached hydrogens (tertiary/aromatic N) is 3. The molecule has 0 saturated heterocycles. The van der Waals surface area contributed by atoms with E-state index < -0.39 is 4.92 Å². The summed E-state index contributed by atoms with van der Waals surface area (Å²) in [5.41, 5.74) is 0.610. The van der Waals surface area contributed by atoms with Gasteiger partial charge < -0.3 is 14.8 Å². The number of hydrogen-bond donors (Lipinski definition) is 1. The van der Waals surface area contributed by atoms with Gasteiger partial charge >= 0.3 is 0 Å². The molecule has 1 heterocycles. The van der Waals surface area contributed by atoms with Crippen molar-refractivity contribution < 1.29 is 14.4 Å². The van der Waals surface area contributed by atoms with Crippen LogP contribution in [-0.2, 0) is 6.61 Å². The minimum atomic E-state index is -0.490. The van der Waals surface area contributed by atoms with Crippen molar-refractivity contribution in [2.45, 2.75) is 6.61 Å². The summed E-state index contributed by atoms with van der Waals surface area (Å²) in [5.74, 6) is 0.710. The molecule has 0 amide bonds. The monoisotopic (exact) mass is 296 g/mol. The lowest BCUT2D eigenvalue weighted by Gasteiger charge is -2.09. The Bertz CT molecular complexity index is 616. The van der Waals surface area contributed by atoms with E-state index in [1.807, 2.05) is 0 Å². The van der Waals surface area contributed by atoms with E-state index in [1.165, 1.54) is 36.8 Å². The predicted octanol–water partition coefficient (Wildman–Crippen LogP) is 2.08. The van der Waals surface area contributed by atoms with Gasteiger partial charge in [-0.2, -0.15) is 0 Å². The number of hydrogen-bond acceptors (Lipinski definition) is 8. The normalized spacial score (nSPS) is 10.1. The second-order valence-electron chi connectivity index (χ2n) is 3.68. The molecule has 8 nitrogen and oxygen atoms in total. The Hall–Kier alpha value is -2.42. The van der Waals surface area contributed by atoms with E-state index in [-0.39, 0.29) is 12.3 Å². The largest absolute Gasteiger partial charge is 0.493 e. The summed E-state index contributed by atoms with van der Waals surface area (Å²) < 4.78 is 14.5. The summed E-state index contributed by atoms with van der Waals surface area (Å²) in [5, 5.41) is 18.4. The summed E-state index contributed by atoms with van der Waals surface area (Å²) in [6.45, 7) is 0.195. The Balaban J connectivity index is 2.15. The van der Waals surface area contributed by atoms with Gasteiger partial charge in [-0.1, -0.05) is 4.49 Å². The quantitative estimate of drug-likeness (QED) is 0.643. The fourth-order valence-corrected chi connectivity index (χ4v) is 2.05. The molecule has 0 aliphatic rings. The third kappa shape index (κ3) is 2.94. The SMILES string of the molecule is CNc1snnc1COc1ccc([N+](=O)[O-])cc1OC. The van der Waals surface area contributed by atoms with Gasteiger partial charge in [0, 0.05) is 24.6 Å². The van der Waals surface area contributed by atoms with Crippen LogP contribution < -0.4 is 14.8 Å². The smallest absolute Gasteiger partial charge is 0.273 e. The van der Waals surface area contributed by atoms with Gasteiger partial charge in [-0.3, -0.25) is 10.1 Å². The molecule has 2 rings (SSSR count). The van der Waals surface area contributed by atoms with Gasteiger partial charge in [-0.25, -0.2) is 0 Å². The average Bonchev–Trinajstić information content (AvgIpc) is 2.92. The van der Waals surface area contributed by atoms with Crippen molar-refractivity contribution in [3.05, 3.63) is 34.0 Å². The van der Waals surface area contributed by atoms with Crippen molar-refractivity contribution in [1.82, 2.24) is 9.59 Å². The van der Waals surface area contributed by atoms with E-state index in [4.69, 9.17) is 9.47 Å². The van der Waals surface area contributed by atoms with E-state index in [0.717, 1.165) is 5.00 Å². The van der Waals surface area contributed by atoms with Gasteiger partial charge in [-0.05, 0) is 6.07 Å². The highest BCUT2D eigenvalue weighted by Crippen LogP contribution is 2.32. The molecular formula is C11H12N4O4S. The molecular weight excluding hydrogens is 284 g/mol. The van der Waals surface area contributed by atoms with Crippen LogP contribution in [0.5, 0.6) is 11.5 Å². The van der Waals surface area contributed by atoms with Crippen LogP contribution in [0.25, 0.3) is 0 Å². The third-order valence-electron chi connectivity index (χ3n) is 2.51. The molecule has 1 aromatic carbocycles. The Morgan fingerprint density at radius 2 is 2.25 bits per heavy atom. The lowest BCUT2D eigenvalue weighted by molar-refractivity contribution is -0.385. The molecule has 0 aliphatic heterocycles. The van der Waals surface area contributed by atoms with Crippen LogP contribution >= 0.6 is 11.5 Å². The van der Waals surface area contributed by atoms with Crippen molar-refractivity contribution in [3.63, 3.8) is 0 Å². The van der Waals surface area contributed by atoms with E-state index in [0.29, 0.717) is 17.2 Å². The minimum Gasteiger partial charge on any atom is -0.493 e. The number of nitrogens with one attached hydrogen (secondary N) is 1. The second kappa shape index (κ2) is 6.15. The number of non-ortho nitro benzene ring substituents is 1. The topological polar surface area (TPSA) is 99.4 Å². The molecule has 0 atom stereocenters. The van der Waals surface area contributed by atoms with E-state index in [2.05, 4.69) is 14.9 Å². The summed E-state index contributed by atoms with van der Waals surface area (Å²) in [4.78, 5) is 10.2. The summed E-state index contributed by atoms with van der Waals surface area (Å²) in [6, 6.07) is 4.17. The van der Waals surface area contributed by atoms with Gasteiger partial charge in [0.15, 0.2) is 11.5 Å². The number of methoxy groups -OCH3 is 1. The number of nitro benzene ring substituents is 1. The lowest BCUT2D eigenvalue weighted by atomic mass is 10.3. The number of rotatable bonds is 6. The fraction of sp³-hybridized carbons (Fsp3) is 0.273. The zero-order valence-electron chi connectivity index (χ0n) is 10.8. The minimum absolute atomic E-state index is 0.0551. The van der Waals surface area contributed by atoms with Crippen LogP contribution in [-0.4, -0.2) is 28.7 Å². The molecule has 1 aromatic heterocycles. The first-order valence-electron chi connectivity index (χ1n) is 5.60. The second-order valence-corrected chi connectivity index (χ2v) is 4.43. The molecule has 0 saturated carbocycles. The van der Waals surface area contributed by atoms with Crippen molar-refractivity contribution >= 4 is 22.2 Å². The number of aromatic nitrogens is 2. The molecule has 106 valence electrons. The molecule has 0 aliphatic carbocycles. The summed E-state index contributed by atoms with van der Waals surface area (Å²) >= 11 is 1.23. The maximum atomic E-state index is 10.7. The average molecular weight is 296 g/mol. The van der Waals surface area contributed by atoms with Gasteiger partial charge in [-0.15, -0.1) is 5.10 Å². The highest BCUT2D eigenvalue weighted by molar-refractivity contribution is 7.10. The lowest BCUT2D eigenvalue weighted by Crippen LogP contribution is -2.01. The Morgan fingerprint density at radius 3 is 2.90 bits per heavy atom. The summed E-state index contributed by atoms with van der Waals surface area (Å²) in [7, 11) is 3.19. The molecule has 2 aromatic rings. The van der Waals surface area contributed by atoms with Crippen molar-refractivity contribution in [3.8, 4) is 11.5 Å². The molecule has 0 bridgehead atoms. The van der Waals surface area contributed by atoms with Gasteiger partial charge in [0.05, 0.1) is 18.1 Å². The fourth-order valence-electron chi connectivity index (χ4n) is 1.53. The standard InChI is InChI=1S/C11H12N4O4S/c1-12-11-8(13-14-20-11)6-19-9-4-3-7(15(16)17)5-10(9)18-2/h3-5,12H,6H2,1-2H3. The molecule has 20 heavy (non-hydrogen) atoms. The van der Waals surface area contributed by atoms with Crippen LogP contribution in [0.2, 0.25) is 0 Å².